The normalized spacial score (nSPS) is 10.6. The largest absolute Gasteiger partial charge is 0.494 e. The first-order valence-corrected chi connectivity index (χ1v) is 8.43. The molecule has 5 heteroatoms. The monoisotopic (exact) mass is 353 g/mol. The highest BCUT2D eigenvalue weighted by molar-refractivity contribution is 5.95. The predicted octanol–water partition coefficient (Wildman–Crippen LogP) is 3.90. The van der Waals surface area contributed by atoms with Crippen LogP contribution >= 0.6 is 0 Å². The van der Waals surface area contributed by atoms with Crippen molar-refractivity contribution in [1.82, 2.24) is 0 Å². The van der Waals surface area contributed by atoms with Crippen LogP contribution in [0.25, 0.3) is 6.08 Å². The molecule has 0 aliphatic heterocycles. The summed E-state index contributed by atoms with van der Waals surface area (Å²) in [6.07, 6.45) is 2.92. The van der Waals surface area contributed by atoms with E-state index >= 15 is 0 Å². The lowest BCUT2D eigenvalue weighted by Crippen LogP contribution is -2.20. The zero-order chi connectivity index (χ0) is 18.9. The van der Waals surface area contributed by atoms with Gasteiger partial charge in [0, 0.05) is 11.8 Å². The van der Waals surface area contributed by atoms with Crippen molar-refractivity contribution < 1.29 is 19.1 Å². The number of ether oxygens (including phenoxy) is 2. The lowest BCUT2D eigenvalue weighted by atomic mass is 10.1. The maximum atomic E-state index is 11.9. The summed E-state index contributed by atoms with van der Waals surface area (Å²) >= 11 is 0. The molecule has 1 N–H and O–H groups in total. The van der Waals surface area contributed by atoms with E-state index in [-0.39, 0.29) is 12.5 Å². The summed E-state index contributed by atoms with van der Waals surface area (Å²) in [6.45, 7) is 6.08. The quantitative estimate of drug-likeness (QED) is 0.606. The van der Waals surface area contributed by atoms with Crippen LogP contribution in [-0.4, -0.2) is 25.1 Å². The number of benzene rings is 2. The molecule has 0 spiro atoms. The summed E-state index contributed by atoms with van der Waals surface area (Å²) in [5, 5.41) is 2.74. The van der Waals surface area contributed by atoms with Crippen LogP contribution in [0.2, 0.25) is 0 Å². The number of rotatable bonds is 7. The number of amides is 1. The maximum Gasteiger partial charge on any atom is 0.331 e. The molecule has 1 amide bonds. The van der Waals surface area contributed by atoms with Crippen LogP contribution in [-0.2, 0) is 14.3 Å². The summed E-state index contributed by atoms with van der Waals surface area (Å²) in [4.78, 5) is 23.7. The molecule has 136 valence electrons. The molecule has 2 aromatic carbocycles. The minimum absolute atomic E-state index is 0.333. The Labute approximate surface area is 153 Å². The van der Waals surface area contributed by atoms with Gasteiger partial charge in [0.25, 0.3) is 5.91 Å². The summed E-state index contributed by atoms with van der Waals surface area (Å²) < 4.78 is 10.3. The van der Waals surface area contributed by atoms with Gasteiger partial charge < -0.3 is 14.8 Å². The Kier molecular flexibility index (Phi) is 6.97. The van der Waals surface area contributed by atoms with Crippen LogP contribution < -0.4 is 10.1 Å². The minimum Gasteiger partial charge on any atom is -0.494 e. The van der Waals surface area contributed by atoms with Gasteiger partial charge in [-0.2, -0.15) is 0 Å². The number of carbonyl (C=O) groups is 2. The third-order valence-corrected chi connectivity index (χ3v) is 3.83. The van der Waals surface area contributed by atoms with Gasteiger partial charge in [-0.05, 0) is 61.7 Å². The lowest BCUT2D eigenvalue weighted by Gasteiger charge is -2.10. The van der Waals surface area contributed by atoms with Gasteiger partial charge in [0.15, 0.2) is 6.61 Å². The van der Waals surface area contributed by atoms with Gasteiger partial charge in [0.05, 0.1) is 6.61 Å². The second-order valence-corrected chi connectivity index (χ2v) is 5.74. The summed E-state index contributed by atoms with van der Waals surface area (Å²) in [5.41, 5.74) is 3.63. The molecule has 0 atom stereocenters. The lowest BCUT2D eigenvalue weighted by molar-refractivity contribution is -0.142. The Morgan fingerprint density at radius 3 is 2.50 bits per heavy atom. The summed E-state index contributed by atoms with van der Waals surface area (Å²) in [7, 11) is 0. The molecule has 0 radical (unpaired) electrons. The van der Waals surface area contributed by atoms with Gasteiger partial charge in [-0.3, -0.25) is 4.79 Å². The third kappa shape index (κ3) is 5.77. The Balaban J connectivity index is 1.82. The van der Waals surface area contributed by atoms with Crippen molar-refractivity contribution in [3.05, 3.63) is 65.2 Å². The number of hydrogen-bond acceptors (Lipinski definition) is 4. The molecule has 0 heterocycles. The minimum atomic E-state index is -0.574. The fourth-order valence-corrected chi connectivity index (χ4v) is 2.26. The van der Waals surface area contributed by atoms with E-state index in [1.165, 1.54) is 6.08 Å². The van der Waals surface area contributed by atoms with Gasteiger partial charge >= 0.3 is 5.97 Å². The molecule has 0 aromatic heterocycles. The van der Waals surface area contributed by atoms with Crippen molar-refractivity contribution in [3.63, 3.8) is 0 Å². The van der Waals surface area contributed by atoms with E-state index in [1.54, 1.807) is 6.08 Å². The average molecular weight is 353 g/mol. The fourth-order valence-electron chi connectivity index (χ4n) is 2.26. The summed E-state index contributed by atoms with van der Waals surface area (Å²) in [6, 6.07) is 13.0. The summed E-state index contributed by atoms with van der Waals surface area (Å²) in [5.74, 6) is -0.174. The molecule has 26 heavy (non-hydrogen) atoms. The Hall–Kier alpha value is -3.08. The highest BCUT2D eigenvalue weighted by atomic mass is 16.5. The molecule has 5 nitrogen and oxygen atoms in total. The second-order valence-electron chi connectivity index (χ2n) is 5.74. The van der Waals surface area contributed by atoms with Crippen molar-refractivity contribution in [2.75, 3.05) is 18.5 Å². The van der Waals surface area contributed by atoms with Gasteiger partial charge in [-0.1, -0.05) is 24.3 Å². The first-order valence-electron chi connectivity index (χ1n) is 8.43. The SMILES string of the molecule is CCOc1ccc(/C=C/C(=O)OCC(=O)Nc2cccc(C)c2C)cc1. The molecule has 0 fully saturated rings. The van der Waals surface area contributed by atoms with Crippen LogP contribution in [0.4, 0.5) is 5.69 Å². The highest BCUT2D eigenvalue weighted by Crippen LogP contribution is 2.17. The average Bonchev–Trinajstić information content (AvgIpc) is 2.63. The molecule has 0 saturated carbocycles. The van der Waals surface area contributed by atoms with Gasteiger partial charge in [0.2, 0.25) is 0 Å². The molecular weight excluding hydrogens is 330 g/mol. The third-order valence-electron chi connectivity index (χ3n) is 3.83. The standard InChI is InChI=1S/C21H23NO4/c1-4-25-18-11-8-17(9-12-18)10-13-21(24)26-14-20(23)22-19-7-5-6-15(2)16(19)3/h5-13H,4,14H2,1-3H3,(H,22,23)/b13-10+. The Bertz CT molecular complexity index is 794. The van der Waals surface area contributed by atoms with Crippen LogP contribution in [0.1, 0.15) is 23.6 Å². The van der Waals surface area contributed by atoms with Crippen molar-refractivity contribution in [3.8, 4) is 5.75 Å². The van der Waals surface area contributed by atoms with Crippen LogP contribution in [0.15, 0.2) is 48.5 Å². The topological polar surface area (TPSA) is 64.6 Å². The Morgan fingerprint density at radius 1 is 1.08 bits per heavy atom. The first kappa shape index (κ1) is 19.2. The fraction of sp³-hybridized carbons (Fsp3) is 0.238. The van der Waals surface area contributed by atoms with E-state index in [0.717, 1.165) is 28.1 Å². The molecule has 0 bridgehead atoms. The van der Waals surface area contributed by atoms with Gasteiger partial charge in [0.1, 0.15) is 5.75 Å². The highest BCUT2D eigenvalue weighted by Gasteiger charge is 2.08. The Morgan fingerprint density at radius 2 is 1.81 bits per heavy atom. The number of hydrogen-bond donors (Lipinski definition) is 1. The number of aryl methyl sites for hydroxylation is 1. The van der Waals surface area contributed by atoms with E-state index in [0.29, 0.717) is 6.61 Å². The number of esters is 1. The van der Waals surface area contributed by atoms with Crippen molar-refractivity contribution in [2.45, 2.75) is 20.8 Å². The smallest absolute Gasteiger partial charge is 0.331 e. The van der Waals surface area contributed by atoms with E-state index in [9.17, 15) is 9.59 Å². The van der Waals surface area contributed by atoms with Crippen LogP contribution in [0.5, 0.6) is 5.75 Å². The zero-order valence-corrected chi connectivity index (χ0v) is 15.2. The van der Waals surface area contributed by atoms with E-state index in [2.05, 4.69) is 5.32 Å². The van der Waals surface area contributed by atoms with Gasteiger partial charge in [-0.25, -0.2) is 4.79 Å². The molecule has 0 unspecified atom stereocenters. The van der Waals surface area contributed by atoms with Crippen LogP contribution in [0, 0.1) is 13.8 Å². The van der Waals surface area contributed by atoms with Gasteiger partial charge in [-0.15, -0.1) is 0 Å². The van der Waals surface area contributed by atoms with Crippen molar-refractivity contribution >= 4 is 23.6 Å². The molecular formula is C21H23NO4. The number of nitrogens with one attached hydrogen (secondary N) is 1. The molecule has 0 saturated heterocycles. The van der Waals surface area contributed by atoms with Crippen molar-refractivity contribution in [1.29, 1.82) is 0 Å². The molecule has 0 aliphatic carbocycles. The second kappa shape index (κ2) is 9.42. The van der Waals surface area contributed by atoms with Crippen LogP contribution in [0.3, 0.4) is 0 Å². The predicted molar refractivity (Wildman–Crippen MR) is 102 cm³/mol. The molecule has 2 aromatic rings. The molecule has 2 rings (SSSR count). The first-order chi connectivity index (χ1) is 12.5. The van der Waals surface area contributed by atoms with E-state index < -0.39 is 5.97 Å². The number of carbonyl (C=O) groups excluding carboxylic acids is 2. The van der Waals surface area contributed by atoms with Crippen molar-refractivity contribution in [2.24, 2.45) is 0 Å². The zero-order valence-electron chi connectivity index (χ0n) is 15.2. The van der Waals surface area contributed by atoms with E-state index in [1.807, 2.05) is 63.2 Å². The molecule has 0 aliphatic rings. The maximum absolute atomic E-state index is 11.9. The number of anilines is 1. The van der Waals surface area contributed by atoms with E-state index in [4.69, 9.17) is 9.47 Å².